The molecule has 3 aromatic carbocycles. The van der Waals surface area contributed by atoms with E-state index >= 15 is 0 Å². The molecule has 0 aliphatic carbocycles. The first-order chi connectivity index (χ1) is 22.6. The molecule has 238 valence electrons. The Hall–Kier alpha value is -5.27. The number of nitriles is 1. The summed E-state index contributed by atoms with van der Waals surface area (Å²) in [5.41, 5.74) is 4.27. The summed E-state index contributed by atoms with van der Waals surface area (Å²) in [5.74, 6) is -0.775. The Morgan fingerprint density at radius 3 is 2.32 bits per heavy atom. The van der Waals surface area contributed by atoms with Crippen molar-refractivity contribution in [3.05, 3.63) is 113 Å². The highest BCUT2D eigenvalue weighted by atomic mass is 32.2. The van der Waals surface area contributed by atoms with Crippen LogP contribution in [-0.2, 0) is 19.4 Å². The average Bonchev–Trinajstić information content (AvgIpc) is 3.65. The van der Waals surface area contributed by atoms with Crippen molar-refractivity contribution >= 4 is 33.3 Å². The standard InChI is InChI=1S/C37H34N4O5S/c1-24(2)22-46-33-15-14-27(18-25(33)3)35-28(21-40(39-35)29-12-8-5-9-13-29)19-31-34(26-10-6-4-7-11-26)32(20-38)37(43)41(36(31)42)30-16-17-47(44,45)23-30/h4-15,18-19,21,24,30H,16-17,22-23H2,1-3H3/b31-19-. The van der Waals surface area contributed by atoms with Gasteiger partial charge in [-0.2, -0.15) is 10.4 Å². The molecule has 0 spiro atoms. The average molecular weight is 647 g/mol. The summed E-state index contributed by atoms with van der Waals surface area (Å²) in [4.78, 5) is 29.1. The van der Waals surface area contributed by atoms with Gasteiger partial charge >= 0.3 is 0 Å². The van der Waals surface area contributed by atoms with Crippen LogP contribution in [0.25, 0.3) is 28.6 Å². The molecule has 2 aliphatic rings. The summed E-state index contributed by atoms with van der Waals surface area (Å²) >= 11 is 0. The van der Waals surface area contributed by atoms with Crippen LogP contribution in [0.15, 0.2) is 96.2 Å². The van der Waals surface area contributed by atoms with E-state index in [1.54, 1.807) is 47.3 Å². The highest BCUT2D eigenvalue weighted by Crippen LogP contribution is 2.38. The van der Waals surface area contributed by atoms with Crippen molar-refractivity contribution in [3.63, 3.8) is 0 Å². The molecular weight excluding hydrogens is 612 g/mol. The minimum Gasteiger partial charge on any atom is -0.493 e. The number of rotatable bonds is 8. The fourth-order valence-corrected chi connectivity index (χ4v) is 7.64. The van der Waals surface area contributed by atoms with Crippen LogP contribution >= 0.6 is 0 Å². The number of imide groups is 1. The normalized spacial score (nSPS) is 18.7. The Labute approximate surface area is 274 Å². The van der Waals surface area contributed by atoms with Crippen LogP contribution in [-0.4, -0.2) is 59.1 Å². The summed E-state index contributed by atoms with van der Waals surface area (Å²) in [6.45, 7) is 6.71. The lowest BCUT2D eigenvalue weighted by Crippen LogP contribution is -2.49. The molecule has 1 aromatic heterocycles. The number of amides is 2. The third kappa shape index (κ3) is 6.40. The monoisotopic (exact) mass is 646 g/mol. The van der Waals surface area contributed by atoms with Crippen molar-refractivity contribution in [2.24, 2.45) is 5.92 Å². The smallest absolute Gasteiger partial charge is 0.272 e. The van der Waals surface area contributed by atoms with Gasteiger partial charge in [-0.3, -0.25) is 14.5 Å². The molecule has 2 aliphatic heterocycles. The van der Waals surface area contributed by atoms with E-state index < -0.39 is 27.7 Å². The first kappa shape index (κ1) is 31.7. The Bertz CT molecular complexity index is 2070. The summed E-state index contributed by atoms with van der Waals surface area (Å²) in [6, 6.07) is 25.3. The zero-order valence-electron chi connectivity index (χ0n) is 26.4. The van der Waals surface area contributed by atoms with Crippen LogP contribution < -0.4 is 4.74 Å². The molecule has 1 saturated heterocycles. The summed E-state index contributed by atoms with van der Waals surface area (Å²) in [7, 11) is -3.43. The molecular formula is C37H34N4O5S. The first-order valence-corrected chi connectivity index (χ1v) is 17.3. The predicted octanol–water partition coefficient (Wildman–Crippen LogP) is 5.80. The summed E-state index contributed by atoms with van der Waals surface area (Å²) in [5, 5.41) is 15.2. The van der Waals surface area contributed by atoms with E-state index in [9.17, 15) is 23.3 Å². The highest BCUT2D eigenvalue weighted by Gasteiger charge is 2.45. The van der Waals surface area contributed by atoms with Crippen molar-refractivity contribution < 1.29 is 22.7 Å². The highest BCUT2D eigenvalue weighted by molar-refractivity contribution is 7.91. The van der Waals surface area contributed by atoms with Crippen molar-refractivity contribution in [2.45, 2.75) is 33.2 Å². The third-order valence-electron chi connectivity index (χ3n) is 8.23. The molecule has 0 radical (unpaired) electrons. The summed E-state index contributed by atoms with van der Waals surface area (Å²) < 4.78 is 32.5. The number of aromatic nitrogens is 2. The molecule has 10 heteroatoms. The van der Waals surface area contributed by atoms with E-state index in [1.165, 1.54) is 0 Å². The van der Waals surface area contributed by atoms with E-state index in [1.807, 2.05) is 61.5 Å². The van der Waals surface area contributed by atoms with Gasteiger partial charge in [-0.1, -0.05) is 62.4 Å². The minimum absolute atomic E-state index is 0.110. The van der Waals surface area contributed by atoms with E-state index in [0.29, 0.717) is 29.3 Å². The van der Waals surface area contributed by atoms with Gasteiger partial charge in [0.1, 0.15) is 17.4 Å². The zero-order chi connectivity index (χ0) is 33.3. The molecule has 3 heterocycles. The van der Waals surface area contributed by atoms with Crippen LogP contribution in [0.5, 0.6) is 5.75 Å². The van der Waals surface area contributed by atoms with Crippen molar-refractivity contribution in [1.29, 1.82) is 5.26 Å². The van der Waals surface area contributed by atoms with E-state index in [2.05, 4.69) is 13.8 Å². The van der Waals surface area contributed by atoms with Gasteiger partial charge in [-0.25, -0.2) is 13.1 Å². The number of sulfone groups is 1. The second-order valence-electron chi connectivity index (χ2n) is 12.2. The van der Waals surface area contributed by atoms with Crippen LogP contribution in [0, 0.1) is 24.2 Å². The number of aryl methyl sites for hydroxylation is 1. The lowest BCUT2D eigenvalue weighted by Gasteiger charge is -2.32. The van der Waals surface area contributed by atoms with Gasteiger partial charge in [0.15, 0.2) is 9.84 Å². The molecule has 0 saturated carbocycles. The molecule has 9 nitrogen and oxygen atoms in total. The SMILES string of the molecule is Cc1cc(-c2nn(-c3ccccc3)cc2/C=C2\C(=O)N(C3CCS(=O)(=O)C3)C(=O)C(C#N)=C2c2ccccc2)ccc1OCC(C)C. The van der Waals surface area contributed by atoms with E-state index in [-0.39, 0.29) is 34.6 Å². The third-order valence-corrected chi connectivity index (χ3v) is 9.98. The molecule has 47 heavy (non-hydrogen) atoms. The molecule has 0 bridgehead atoms. The van der Waals surface area contributed by atoms with Gasteiger partial charge < -0.3 is 4.74 Å². The number of nitrogens with zero attached hydrogens (tertiary/aromatic N) is 4. The number of carbonyl (C=O) groups is 2. The maximum absolute atomic E-state index is 14.4. The molecule has 1 atom stereocenters. The largest absolute Gasteiger partial charge is 0.493 e. The van der Waals surface area contributed by atoms with Crippen LogP contribution in [0.1, 0.15) is 37.0 Å². The van der Waals surface area contributed by atoms with Crippen molar-refractivity contribution in [2.75, 3.05) is 18.1 Å². The van der Waals surface area contributed by atoms with Gasteiger partial charge in [0.05, 0.1) is 41.1 Å². The number of ether oxygens (including phenoxy) is 1. The number of para-hydroxylation sites is 1. The summed E-state index contributed by atoms with van der Waals surface area (Å²) in [6.07, 6.45) is 3.58. The lowest BCUT2D eigenvalue weighted by molar-refractivity contribution is -0.142. The fraction of sp³-hybridized carbons (Fsp3) is 0.243. The van der Waals surface area contributed by atoms with Gasteiger partial charge in [0.25, 0.3) is 11.8 Å². The van der Waals surface area contributed by atoms with Crippen LogP contribution in [0.2, 0.25) is 0 Å². The van der Waals surface area contributed by atoms with Crippen LogP contribution in [0.3, 0.4) is 0 Å². The molecule has 4 aromatic rings. The Morgan fingerprint density at radius 1 is 1.00 bits per heavy atom. The number of carbonyl (C=O) groups excluding carboxylic acids is 2. The number of hydrogen-bond acceptors (Lipinski definition) is 7. The van der Waals surface area contributed by atoms with Gasteiger partial charge in [0.2, 0.25) is 0 Å². The zero-order valence-corrected chi connectivity index (χ0v) is 27.2. The Balaban J connectivity index is 1.56. The topological polar surface area (TPSA) is 122 Å². The molecule has 1 fully saturated rings. The van der Waals surface area contributed by atoms with Crippen LogP contribution in [0.4, 0.5) is 0 Å². The second kappa shape index (κ2) is 12.9. The molecule has 2 amide bonds. The van der Waals surface area contributed by atoms with E-state index in [0.717, 1.165) is 27.5 Å². The fourth-order valence-electron chi connectivity index (χ4n) is 5.94. The lowest BCUT2D eigenvalue weighted by atomic mass is 9.86. The first-order valence-electron chi connectivity index (χ1n) is 15.5. The quantitative estimate of drug-likeness (QED) is 0.175. The maximum Gasteiger partial charge on any atom is 0.272 e. The predicted molar refractivity (Wildman–Crippen MR) is 180 cm³/mol. The van der Waals surface area contributed by atoms with E-state index in [4.69, 9.17) is 9.84 Å². The van der Waals surface area contributed by atoms with Crippen molar-refractivity contribution in [3.8, 4) is 28.8 Å². The van der Waals surface area contributed by atoms with Gasteiger partial charge in [0, 0.05) is 22.9 Å². The van der Waals surface area contributed by atoms with Crippen molar-refractivity contribution in [1.82, 2.24) is 14.7 Å². The second-order valence-corrected chi connectivity index (χ2v) is 14.5. The maximum atomic E-state index is 14.4. The van der Waals surface area contributed by atoms with Gasteiger partial charge in [-0.15, -0.1) is 0 Å². The Kier molecular flexibility index (Phi) is 8.67. The number of hydrogen-bond donors (Lipinski definition) is 0. The molecule has 1 unspecified atom stereocenters. The van der Waals surface area contributed by atoms with Gasteiger partial charge in [-0.05, 0) is 66.8 Å². The molecule has 6 rings (SSSR count). The Morgan fingerprint density at radius 2 is 1.70 bits per heavy atom. The minimum atomic E-state index is -3.43. The number of benzene rings is 3. The molecule has 0 N–H and O–H groups in total.